The molecular formula is C16H16BrNO2. The fourth-order valence-corrected chi connectivity index (χ4v) is 2.64. The molecule has 104 valence electrons. The summed E-state index contributed by atoms with van der Waals surface area (Å²) in [6, 6.07) is 15.5. The van der Waals surface area contributed by atoms with Gasteiger partial charge in [0, 0.05) is 16.2 Å². The van der Waals surface area contributed by atoms with E-state index >= 15 is 0 Å². The monoisotopic (exact) mass is 333 g/mol. The van der Waals surface area contributed by atoms with Gasteiger partial charge in [0.25, 0.3) is 0 Å². The first-order valence-corrected chi connectivity index (χ1v) is 7.10. The number of carbonyl (C=O) groups excluding carboxylic acids is 1. The van der Waals surface area contributed by atoms with Crippen LogP contribution in [-0.4, -0.2) is 13.1 Å². The molecule has 0 aliphatic heterocycles. The zero-order valence-electron chi connectivity index (χ0n) is 11.4. The molecule has 0 heterocycles. The minimum atomic E-state index is -0.331. The van der Waals surface area contributed by atoms with Gasteiger partial charge in [0.1, 0.15) is 0 Å². The lowest BCUT2D eigenvalue weighted by molar-refractivity contribution is 0.0601. The van der Waals surface area contributed by atoms with Crippen LogP contribution < -0.4 is 5.32 Å². The van der Waals surface area contributed by atoms with Gasteiger partial charge in [-0.1, -0.05) is 40.2 Å². The molecule has 0 aliphatic carbocycles. The Labute approximate surface area is 127 Å². The van der Waals surface area contributed by atoms with Crippen LogP contribution in [0, 0.1) is 0 Å². The lowest BCUT2D eigenvalue weighted by Gasteiger charge is -2.17. The molecule has 0 radical (unpaired) electrons. The van der Waals surface area contributed by atoms with Gasteiger partial charge in [-0.25, -0.2) is 4.79 Å². The van der Waals surface area contributed by atoms with Gasteiger partial charge < -0.3 is 10.1 Å². The first-order chi connectivity index (χ1) is 9.61. The highest BCUT2D eigenvalue weighted by atomic mass is 79.9. The van der Waals surface area contributed by atoms with E-state index in [1.807, 2.05) is 30.3 Å². The van der Waals surface area contributed by atoms with Crippen LogP contribution in [0.15, 0.2) is 53.0 Å². The van der Waals surface area contributed by atoms with Crippen LogP contribution in [-0.2, 0) is 4.74 Å². The number of ether oxygens (including phenoxy) is 1. The second-order valence-electron chi connectivity index (χ2n) is 4.46. The number of rotatable bonds is 4. The van der Waals surface area contributed by atoms with E-state index in [1.54, 1.807) is 12.1 Å². The molecular weight excluding hydrogens is 318 g/mol. The maximum Gasteiger partial charge on any atom is 0.337 e. The van der Waals surface area contributed by atoms with Crippen molar-refractivity contribution in [2.45, 2.75) is 13.0 Å². The Balaban J connectivity index is 2.18. The minimum absolute atomic E-state index is 0.124. The van der Waals surface area contributed by atoms with Crippen LogP contribution in [0.2, 0.25) is 0 Å². The lowest BCUT2D eigenvalue weighted by Crippen LogP contribution is -2.08. The number of esters is 1. The van der Waals surface area contributed by atoms with Crippen molar-refractivity contribution in [3.05, 3.63) is 64.1 Å². The molecule has 0 fully saturated rings. The number of hydrogen-bond donors (Lipinski definition) is 1. The third kappa shape index (κ3) is 3.39. The second-order valence-corrected chi connectivity index (χ2v) is 5.31. The average molecular weight is 334 g/mol. The third-order valence-corrected chi connectivity index (χ3v) is 3.76. The van der Waals surface area contributed by atoms with Gasteiger partial charge in [0.15, 0.2) is 0 Å². The molecule has 2 rings (SSSR count). The van der Waals surface area contributed by atoms with Crippen molar-refractivity contribution in [3.63, 3.8) is 0 Å². The van der Waals surface area contributed by atoms with Gasteiger partial charge in [-0.05, 0) is 36.8 Å². The summed E-state index contributed by atoms with van der Waals surface area (Å²) >= 11 is 3.55. The van der Waals surface area contributed by atoms with Gasteiger partial charge >= 0.3 is 5.97 Å². The molecule has 2 aromatic carbocycles. The van der Waals surface area contributed by atoms with E-state index in [9.17, 15) is 4.79 Å². The Morgan fingerprint density at radius 1 is 1.20 bits per heavy atom. The fraction of sp³-hybridized carbons (Fsp3) is 0.188. The molecule has 1 N–H and O–H groups in total. The van der Waals surface area contributed by atoms with E-state index in [-0.39, 0.29) is 12.0 Å². The summed E-state index contributed by atoms with van der Waals surface area (Å²) in [6.45, 7) is 2.07. The molecule has 1 unspecified atom stereocenters. The maximum atomic E-state index is 11.5. The van der Waals surface area contributed by atoms with Gasteiger partial charge in [-0.15, -0.1) is 0 Å². The predicted molar refractivity (Wildman–Crippen MR) is 84.0 cm³/mol. The largest absolute Gasteiger partial charge is 0.465 e. The van der Waals surface area contributed by atoms with Crippen molar-refractivity contribution in [1.29, 1.82) is 0 Å². The summed E-state index contributed by atoms with van der Waals surface area (Å²) in [5.74, 6) is -0.331. The molecule has 20 heavy (non-hydrogen) atoms. The summed E-state index contributed by atoms with van der Waals surface area (Å²) in [5, 5.41) is 3.38. The molecule has 0 bridgehead atoms. The smallest absolute Gasteiger partial charge is 0.337 e. The fourth-order valence-electron chi connectivity index (χ4n) is 2.01. The molecule has 0 amide bonds. The normalized spacial score (nSPS) is 11.8. The van der Waals surface area contributed by atoms with Crippen LogP contribution in [0.3, 0.4) is 0 Å². The molecule has 1 atom stereocenters. The Hall–Kier alpha value is -1.81. The highest BCUT2D eigenvalue weighted by Gasteiger charge is 2.10. The van der Waals surface area contributed by atoms with Crippen LogP contribution in [0.25, 0.3) is 0 Å². The lowest BCUT2D eigenvalue weighted by atomic mass is 10.1. The summed E-state index contributed by atoms with van der Waals surface area (Å²) in [7, 11) is 1.38. The van der Waals surface area contributed by atoms with Crippen molar-refractivity contribution in [2.24, 2.45) is 0 Å². The molecule has 0 saturated carbocycles. The Morgan fingerprint density at radius 3 is 2.65 bits per heavy atom. The van der Waals surface area contributed by atoms with E-state index in [0.717, 1.165) is 15.7 Å². The number of methoxy groups -OCH3 is 1. The third-order valence-electron chi connectivity index (χ3n) is 3.04. The number of hydrogen-bond acceptors (Lipinski definition) is 3. The van der Waals surface area contributed by atoms with E-state index in [0.29, 0.717) is 5.56 Å². The van der Waals surface area contributed by atoms with Gasteiger partial charge in [-0.3, -0.25) is 0 Å². The Kier molecular flexibility index (Phi) is 4.79. The summed E-state index contributed by atoms with van der Waals surface area (Å²) in [6.07, 6.45) is 0. The highest BCUT2D eigenvalue weighted by Crippen LogP contribution is 2.26. The topological polar surface area (TPSA) is 38.3 Å². The second kappa shape index (κ2) is 6.57. The SMILES string of the molecule is COC(=O)c1cccc(NC(C)c2ccccc2Br)c1. The number of carbonyl (C=O) groups is 1. The molecule has 3 nitrogen and oxygen atoms in total. The van der Waals surface area contributed by atoms with E-state index in [2.05, 4.69) is 34.2 Å². The van der Waals surface area contributed by atoms with Gasteiger partial charge in [0.05, 0.1) is 12.7 Å². The van der Waals surface area contributed by atoms with Crippen molar-refractivity contribution >= 4 is 27.6 Å². The van der Waals surface area contributed by atoms with Crippen molar-refractivity contribution in [2.75, 3.05) is 12.4 Å². The summed E-state index contributed by atoms with van der Waals surface area (Å²) < 4.78 is 5.79. The molecule has 0 aliphatic rings. The number of halogens is 1. The molecule has 0 spiro atoms. The van der Waals surface area contributed by atoms with Crippen LogP contribution in [0.5, 0.6) is 0 Å². The number of nitrogens with one attached hydrogen (secondary N) is 1. The Bertz CT molecular complexity index is 613. The van der Waals surface area contributed by atoms with Crippen LogP contribution in [0.1, 0.15) is 28.9 Å². The van der Waals surface area contributed by atoms with Crippen molar-refractivity contribution in [1.82, 2.24) is 0 Å². The van der Waals surface area contributed by atoms with Gasteiger partial charge in [-0.2, -0.15) is 0 Å². The molecule has 4 heteroatoms. The highest BCUT2D eigenvalue weighted by molar-refractivity contribution is 9.10. The number of anilines is 1. The zero-order valence-corrected chi connectivity index (χ0v) is 13.0. The standard InChI is InChI=1S/C16H16BrNO2/c1-11(14-8-3-4-9-15(14)17)18-13-7-5-6-12(10-13)16(19)20-2/h3-11,18H,1-2H3. The Morgan fingerprint density at radius 2 is 1.95 bits per heavy atom. The summed E-state index contributed by atoms with van der Waals surface area (Å²) in [5.41, 5.74) is 2.59. The van der Waals surface area contributed by atoms with Crippen molar-refractivity contribution < 1.29 is 9.53 Å². The average Bonchev–Trinajstić information content (AvgIpc) is 2.47. The molecule has 2 aromatic rings. The minimum Gasteiger partial charge on any atom is -0.465 e. The van der Waals surface area contributed by atoms with E-state index in [4.69, 9.17) is 4.74 Å². The van der Waals surface area contributed by atoms with Gasteiger partial charge in [0.2, 0.25) is 0 Å². The van der Waals surface area contributed by atoms with Crippen molar-refractivity contribution in [3.8, 4) is 0 Å². The summed E-state index contributed by atoms with van der Waals surface area (Å²) in [4.78, 5) is 11.5. The van der Waals surface area contributed by atoms with Crippen LogP contribution in [0.4, 0.5) is 5.69 Å². The zero-order chi connectivity index (χ0) is 14.5. The van der Waals surface area contributed by atoms with E-state index < -0.39 is 0 Å². The first kappa shape index (κ1) is 14.6. The maximum absolute atomic E-state index is 11.5. The van der Waals surface area contributed by atoms with Crippen LogP contribution >= 0.6 is 15.9 Å². The first-order valence-electron chi connectivity index (χ1n) is 6.31. The predicted octanol–water partition coefficient (Wildman–Crippen LogP) is 4.41. The number of benzene rings is 2. The van der Waals surface area contributed by atoms with E-state index in [1.165, 1.54) is 7.11 Å². The quantitative estimate of drug-likeness (QED) is 0.842. The molecule has 0 saturated heterocycles. The molecule has 0 aromatic heterocycles.